The van der Waals surface area contributed by atoms with Crippen molar-refractivity contribution in [1.82, 2.24) is 10.3 Å². The molecule has 140 valence electrons. The number of carbonyl (C=O) groups is 2. The number of amides is 2. The molecule has 1 heterocycles. The zero-order valence-electron chi connectivity index (χ0n) is 15.6. The number of hydrogen-bond donors (Lipinski definition) is 2. The summed E-state index contributed by atoms with van der Waals surface area (Å²) in [6, 6.07) is 9.14. The fraction of sp³-hybridized carbons (Fsp3) is 0.318. The number of carbonyl (C=O) groups excluding carboxylic acids is 2. The van der Waals surface area contributed by atoms with Crippen molar-refractivity contribution in [3.8, 4) is 0 Å². The van der Waals surface area contributed by atoms with Crippen LogP contribution in [0.2, 0.25) is 0 Å². The number of pyridine rings is 1. The quantitative estimate of drug-likeness (QED) is 0.753. The zero-order chi connectivity index (χ0) is 19.1. The Morgan fingerprint density at radius 3 is 2.59 bits per heavy atom. The molecular weight excluding hydrogens is 338 g/mol. The molecule has 0 atom stereocenters. The fourth-order valence-electron chi connectivity index (χ4n) is 3.17. The van der Waals surface area contributed by atoms with E-state index in [4.69, 9.17) is 0 Å². The predicted octanol–water partition coefficient (Wildman–Crippen LogP) is 4.26. The molecule has 2 N–H and O–H groups in total. The first-order valence-corrected chi connectivity index (χ1v) is 9.41. The van der Waals surface area contributed by atoms with Crippen LogP contribution in [-0.2, 0) is 0 Å². The Bertz CT molecular complexity index is 858. The van der Waals surface area contributed by atoms with E-state index in [0.29, 0.717) is 17.7 Å². The lowest BCUT2D eigenvalue weighted by Crippen LogP contribution is -2.25. The summed E-state index contributed by atoms with van der Waals surface area (Å²) >= 11 is 0. The number of para-hydroxylation sites is 1. The smallest absolute Gasteiger partial charge is 0.257 e. The van der Waals surface area contributed by atoms with Gasteiger partial charge in [0.25, 0.3) is 11.8 Å². The van der Waals surface area contributed by atoms with Crippen molar-refractivity contribution in [3.05, 3.63) is 71.1 Å². The van der Waals surface area contributed by atoms with E-state index in [9.17, 15) is 9.59 Å². The molecule has 0 saturated heterocycles. The Kier molecular flexibility index (Phi) is 6.36. The van der Waals surface area contributed by atoms with Crippen LogP contribution in [0, 0.1) is 6.92 Å². The van der Waals surface area contributed by atoms with Gasteiger partial charge in [-0.1, -0.05) is 29.8 Å². The summed E-state index contributed by atoms with van der Waals surface area (Å²) < 4.78 is 0. The topological polar surface area (TPSA) is 71.1 Å². The standard InChI is InChI=1S/C22H25N3O2/c1-16-7-5-6-10-20(16)25-22(27)19-13-18(14-23-15-19)21(26)24-12-11-17-8-3-2-4-9-17/h5-8,10,13-15H,2-4,9,11-12H2,1H3,(H,24,26)(H,25,27). The first kappa shape index (κ1) is 18.8. The largest absolute Gasteiger partial charge is 0.352 e. The number of hydrogen-bond acceptors (Lipinski definition) is 3. The van der Waals surface area contributed by atoms with Gasteiger partial charge in [0.05, 0.1) is 11.1 Å². The van der Waals surface area contributed by atoms with Crippen LogP contribution in [0.3, 0.4) is 0 Å². The third kappa shape index (κ3) is 5.26. The molecule has 0 aliphatic heterocycles. The van der Waals surface area contributed by atoms with Gasteiger partial charge in [-0.3, -0.25) is 14.6 Å². The molecule has 1 aliphatic carbocycles. The van der Waals surface area contributed by atoms with Gasteiger partial charge in [-0.15, -0.1) is 0 Å². The minimum absolute atomic E-state index is 0.204. The van der Waals surface area contributed by atoms with Gasteiger partial charge in [-0.25, -0.2) is 0 Å². The van der Waals surface area contributed by atoms with Crippen LogP contribution in [0.25, 0.3) is 0 Å². The number of benzene rings is 1. The number of nitrogens with zero attached hydrogens (tertiary/aromatic N) is 1. The summed E-state index contributed by atoms with van der Waals surface area (Å²) in [5.74, 6) is -0.483. The first-order chi connectivity index (χ1) is 13.1. The monoisotopic (exact) mass is 363 g/mol. The molecule has 0 bridgehead atoms. The van der Waals surface area contributed by atoms with Gasteiger partial charge in [-0.05, 0) is 56.7 Å². The summed E-state index contributed by atoms with van der Waals surface area (Å²) in [6.07, 6.45) is 10.9. The van der Waals surface area contributed by atoms with Crippen molar-refractivity contribution in [3.63, 3.8) is 0 Å². The number of aromatic nitrogens is 1. The summed E-state index contributed by atoms with van der Waals surface area (Å²) in [5.41, 5.74) is 3.90. The highest BCUT2D eigenvalue weighted by atomic mass is 16.2. The van der Waals surface area contributed by atoms with Gasteiger partial charge in [0.15, 0.2) is 0 Å². The maximum Gasteiger partial charge on any atom is 0.257 e. The fourth-order valence-corrected chi connectivity index (χ4v) is 3.17. The lowest BCUT2D eigenvalue weighted by molar-refractivity contribution is 0.0953. The summed E-state index contributed by atoms with van der Waals surface area (Å²) in [6.45, 7) is 2.53. The first-order valence-electron chi connectivity index (χ1n) is 9.41. The SMILES string of the molecule is Cc1ccccc1NC(=O)c1cncc(C(=O)NCCC2=CCCCC2)c1. The molecule has 2 amide bonds. The second-order valence-electron chi connectivity index (χ2n) is 6.85. The van der Waals surface area contributed by atoms with Crippen LogP contribution < -0.4 is 10.6 Å². The molecule has 2 aromatic rings. The van der Waals surface area contributed by atoms with Crippen molar-refractivity contribution in [2.24, 2.45) is 0 Å². The molecule has 0 fully saturated rings. The van der Waals surface area contributed by atoms with E-state index in [2.05, 4.69) is 21.7 Å². The maximum absolute atomic E-state index is 12.5. The third-order valence-electron chi connectivity index (χ3n) is 4.77. The average Bonchev–Trinajstić information content (AvgIpc) is 2.70. The molecule has 0 radical (unpaired) electrons. The third-order valence-corrected chi connectivity index (χ3v) is 4.77. The molecule has 0 saturated carbocycles. The molecule has 27 heavy (non-hydrogen) atoms. The number of allylic oxidation sites excluding steroid dienone is 1. The Labute approximate surface area is 159 Å². The van der Waals surface area contributed by atoms with Crippen molar-refractivity contribution in [1.29, 1.82) is 0 Å². The Balaban J connectivity index is 1.59. The van der Waals surface area contributed by atoms with Gasteiger partial charge in [0.2, 0.25) is 0 Å². The van der Waals surface area contributed by atoms with E-state index in [1.165, 1.54) is 30.8 Å². The normalized spacial score (nSPS) is 13.6. The van der Waals surface area contributed by atoms with Crippen molar-refractivity contribution < 1.29 is 9.59 Å². The van der Waals surface area contributed by atoms with Gasteiger partial charge < -0.3 is 10.6 Å². The Hall–Kier alpha value is -2.95. The van der Waals surface area contributed by atoms with E-state index in [1.54, 1.807) is 6.07 Å². The van der Waals surface area contributed by atoms with Crippen molar-refractivity contribution >= 4 is 17.5 Å². The van der Waals surface area contributed by atoms with Crippen LogP contribution in [0.5, 0.6) is 0 Å². The lowest BCUT2D eigenvalue weighted by Gasteiger charge is -2.13. The van der Waals surface area contributed by atoms with Crippen LogP contribution in [0.4, 0.5) is 5.69 Å². The van der Waals surface area contributed by atoms with Crippen molar-refractivity contribution in [2.45, 2.75) is 39.0 Å². The average molecular weight is 363 g/mol. The summed E-state index contributed by atoms with van der Waals surface area (Å²) in [5, 5.41) is 5.78. The summed E-state index contributed by atoms with van der Waals surface area (Å²) in [4.78, 5) is 28.9. The molecular formula is C22H25N3O2. The lowest BCUT2D eigenvalue weighted by atomic mass is 9.97. The van der Waals surface area contributed by atoms with Crippen LogP contribution in [0.15, 0.2) is 54.4 Å². The molecule has 5 nitrogen and oxygen atoms in total. The molecule has 0 spiro atoms. The minimum Gasteiger partial charge on any atom is -0.352 e. The minimum atomic E-state index is -0.279. The van der Waals surface area contributed by atoms with Gasteiger partial charge in [0, 0.05) is 24.6 Å². The van der Waals surface area contributed by atoms with E-state index in [1.807, 2.05) is 31.2 Å². The maximum atomic E-state index is 12.5. The van der Waals surface area contributed by atoms with Crippen LogP contribution in [-0.4, -0.2) is 23.3 Å². The number of rotatable bonds is 6. The predicted molar refractivity (Wildman–Crippen MR) is 107 cm³/mol. The van der Waals surface area contributed by atoms with E-state index >= 15 is 0 Å². The number of anilines is 1. The second kappa shape index (κ2) is 9.12. The van der Waals surface area contributed by atoms with E-state index in [0.717, 1.165) is 30.5 Å². The Morgan fingerprint density at radius 1 is 1.07 bits per heavy atom. The van der Waals surface area contributed by atoms with E-state index in [-0.39, 0.29) is 11.8 Å². The molecule has 0 unspecified atom stereocenters. The highest BCUT2D eigenvalue weighted by Gasteiger charge is 2.12. The highest BCUT2D eigenvalue weighted by Crippen LogP contribution is 2.19. The van der Waals surface area contributed by atoms with Gasteiger partial charge >= 0.3 is 0 Å². The zero-order valence-corrected chi connectivity index (χ0v) is 15.6. The van der Waals surface area contributed by atoms with Gasteiger partial charge in [-0.2, -0.15) is 0 Å². The van der Waals surface area contributed by atoms with Gasteiger partial charge in [0.1, 0.15) is 0 Å². The highest BCUT2D eigenvalue weighted by molar-refractivity contribution is 6.06. The Morgan fingerprint density at radius 2 is 1.85 bits per heavy atom. The molecule has 5 heteroatoms. The van der Waals surface area contributed by atoms with Crippen LogP contribution >= 0.6 is 0 Å². The molecule has 1 aromatic carbocycles. The summed E-state index contributed by atoms with van der Waals surface area (Å²) in [7, 11) is 0. The second-order valence-corrected chi connectivity index (χ2v) is 6.85. The van der Waals surface area contributed by atoms with Crippen molar-refractivity contribution in [2.75, 3.05) is 11.9 Å². The number of aryl methyl sites for hydroxylation is 1. The molecule has 1 aromatic heterocycles. The van der Waals surface area contributed by atoms with E-state index < -0.39 is 0 Å². The molecule has 1 aliphatic rings. The molecule has 3 rings (SSSR count). The van der Waals surface area contributed by atoms with Crippen LogP contribution in [0.1, 0.15) is 58.4 Å². The number of nitrogens with one attached hydrogen (secondary N) is 2.